The van der Waals surface area contributed by atoms with Gasteiger partial charge in [0.15, 0.2) is 0 Å². The first-order chi connectivity index (χ1) is 16.1. The van der Waals surface area contributed by atoms with E-state index in [0.29, 0.717) is 6.04 Å². The highest BCUT2D eigenvalue weighted by molar-refractivity contribution is 7.11. The van der Waals surface area contributed by atoms with Gasteiger partial charge in [-0.05, 0) is 61.8 Å². The van der Waals surface area contributed by atoms with Gasteiger partial charge >= 0.3 is 0 Å². The zero-order valence-electron chi connectivity index (χ0n) is 19.0. The number of nitrogens with zero attached hydrogens (tertiary/aromatic N) is 1. The molecule has 0 spiro atoms. The van der Waals surface area contributed by atoms with Crippen molar-refractivity contribution in [2.75, 3.05) is 5.32 Å². The standard InChI is InChI=1S/C27H31N3O2S/c1-2-24-30-25-21(13-15-23(25)33-24)27(32)29-19-10-8-17(9-11-19)16-20-12-14-22(28-20)26(31)18-6-4-3-5-7-18/h3-11,20-22,26,28,31H,2,12-16H2,1H3,(H,29,32)/t20-,21+,22+,26+/m0/s1. The molecule has 3 N–H and O–H groups in total. The Kier molecular flexibility index (Phi) is 6.58. The summed E-state index contributed by atoms with van der Waals surface area (Å²) in [6.07, 6.45) is 5.19. The highest BCUT2D eigenvalue weighted by Gasteiger charge is 2.32. The van der Waals surface area contributed by atoms with Crippen LogP contribution in [-0.2, 0) is 24.1 Å². The van der Waals surface area contributed by atoms with E-state index in [0.717, 1.165) is 60.5 Å². The summed E-state index contributed by atoms with van der Waals surface area (Å²) >= 11 is 1.75. The van der Waals surface area contributed by atoms with Crippen molar-refractivity contribution in [3.8, 4) is 0 Å². The smallest absolute Gasteiger partial charge is 0.233 e. The third-order valence-corrected chi connectivity index (χ3v) is 8.16. The average molecular weight is 462 g/mol. The molecule has 5 rings (SSSR count). The highest BCUT2D eigenvalue weighted by atomic mass is 32.1. The first kappa shape index (κ1) is 22.3. The number of carbonyl (C=O) groups excluding carboxylic acids is 1. The van der Waals surface area contributed by atoms with E-state index in [4.69, 9.17) is 4.98 Å². The maximum atomic E-state index is 12.9. The third-order valence-electron chi connectivity index (χ3n) is 6.88. The summed E-state index contributed by atoms with van der Waals surface area (Å²) in [6.45, 7) is 2.11. The van der Waals surface area contributed by atoms with Crippen LogP contribution >= 0.6 is 11.3 Å². The number of aliphatic hydroxyl groups excluding tert-OH is 1. The van der Waals surface area contributed by atoms with Crippen molar-refractivity contribution < 1.29 is 9.90 Å². The highest BCUT2D eigenvalue weighted by Crippen LogP contribution is 2.37. The van der Waals surface area contributed by atoms with Crippen molar-refractivity contribution in [2.45, 2.75) is 69.6 Å². The van der Waals surface area contributed by atoms with Crippen LogP contribution in [0.2, 0.25) is 0 Å². The second kappa shape index (κ2) is 9.75. The second-order valence-corrected chi connectivity index (χ2v) is 10.3. The molecule has 0 bridgehead atoms. The molecule has 2 heterocycles. The summed E-state index contributed by atoms with van der Waals surface area (Å²) in [5.74, 6) is -0.0865. The van der Waals surface area contributed by atoms with Crippen molar-refractivity contribution in [3.05, 3.63) is 81.3 Å². The normalized spacial score (nSPS) is 22.8. The van der Waals surface area contributed by atoms with Gasteiger partial charge in [0.1, 0.15) is 0 Å². The molecule has 1 aromatic heterocycles. The summed E-state index contributed by atoms with van der Waals surface area (Å²) in [4.78, 5) is 18.9. The van der Waals surface area contributed by atoms with Crippen molar-refractivity contribution in [2.24, 2.45) is 0 Å². The van der Waals surface area contributed by atoms with E-state index in [2.05, 4.69) is 29.7 Å². The van der Waals surface area contributed by atoms with E-state index in [1.165, 1.54) is 10.4 Å². The molecule has 33 heavy (non-hydrogen) atoms. The van der Waals surface area contributed by atoms with Crippen molar-refractivity contribution in [3.63, 3.8) is 0 Å². The van der Waals surface area contributed by atoms with Gasteiger partial charge in [0.05, 0.1) is 22.7 Å². The minimum Gasteiger partial charge on any atom is -0.387 e. The molecular formula is C27H31N3O2S. The first-order valence-electron chi connectivity index (χ1n) is 12.0. The molecule has 1 fully saturated rings. The van der Waals surface area contributed by atoms with E-state index in [-0.39, 0.29) is 17.9 Å². The quantitative estimate of drug-likeness (QED) is 0.474. The van der Waals surface area contributed by atoms with Gasteiger partial charge in [0, 0.05) is 22.6 Å². The monoisotopic (exact) mass is 461 g/mol. The van der Waals surface area contributed by atoms with Gasteiger partial charge in [-0.3, -0.25) is 4.79 Å². The number of hydrogen-bond acceptors (Lipinski definition) is 5. The molecule has 0 radical (unpaired) electrons. The Hall–Kier alpha value is -2.54. The van der Waals surface area contributed by atoms with Gasteiger partial charge in [-0.25, -0.2) is 4.98 Å². The van der Waals surface area contributed by atoms with Crippen LogP contribution in [0.15, 0.2) is 54.6 Å². The number of anilines is 1. The molecule has 1 saturated heterocycles. The van der Waals surface area contributed by atoms with Gasteiger partial charge in [-0.15, -0.1) is 11.3 Å². The van der Waals surface area contributed by atoms with Crippen LogP contribution in [0.25, 0.3) is 0 Å². The zero-order valence-corrected chi connectivity index (χ0v) is 19.8. The third kappa shape index (κ3) is 4.88. The molecule has 1 aliphatic carbocycles. The summed E-state index contributed by atoms with van der Waals surface area (Å²) in [5, 5.41) is 18.5. The van der Waals surface area contributed by atoms with Crippen LogP contribution in [0.5, 0.6) is 0 Å². The van der Waals surface area contributed by atoms with E-state index in [9.17, 15) is 9.90 Å². The second-order valence-electron chi connectivity index (χ2n) is 9.15. The van der Waals surface area contributed by atoms with Crippen LogP contribution in [0.3, 0.4) is 0 Å². The number of nitrogens with one attached hydrogen (secondary N) is 2. The lowest BCUT2D eigenvalue weighted by Gasteiger charge is -2.20. The number of aryl methyl sites for hydroxylation is 2. The number of carbonyl (C=O) groups is 1. The number of hydrogen-bond donors (Lipinski definition) is 3. The lowest BCUT2D eigenvalue weighted by Crippen LogP contribution is -2.35. The number of thiazole rings is 1. The molecule has 0 saturated carbocycles. The Morgan fingerprint density at radius 1 is 1.15 bits per heavy atom. The summed E-state index contributed by atoms with van der Waals surface area (Å²) in [6, 6.07) is 18.5. The summed E-state index contributed by atoms with van der Waals surface area (Å²) in [7, 11) is 0. The number of aliphatic hydroxyl groups is 1. The Labute approximate surface area is 199 Å². The van der Waals surface area contributed by atoms with Gasteiger partial charge in [-0.1, -0.05) is 49.4 Å². The zero-order chi connectivity index (χ0) is 22.8. The Bertz CT molecular complexity index is 1100. The number of rotatable bonds is 7. The Morgan fingerprint density at radius 3 is 2.70 bits per heavy atom. The summed E-state index contributed by atoms with van der Waals surface area (Å²) in [5.41, 5.74) is 4.02. The van der Waals surface area contributed by atoms with Crippen LogP contribution < -0.4 is 10.6 Å². The van der Waals surface area contributed by atoms with E-state index in [1.807, 2.05) is 42.5 Å². The van der Waals surface area contributed by atoms with Crippen LogP contribution in [0.4, 0.5) is 5.69 Å². The van der Waals surface area contributed by atoms with E-state index >= 15 is 0 Å². The lowest BCUT2D eigenvalue weighted by molar-refractivity contribution is -0.117. The first-order valence-corrected chi connectivity index (χ1v) is 12.8. The maximum Gasteiger partial charge on any atom is 0.233 e. The lowest BCUT2D eigenvalue weighted by atomic mass is 10.0. The Balaban J connectivity index is 1.15. The Morgan fingerprint density at radius 2 is 1.94 bits per heavy atom. The van der Waals surface area contributed by atoms with E-state index < -0.39 is 6.10 Å². The predicted molar refractivity (Wildman–Crippen MR) is 133 cm³/mol. The molecule has 3 aromatic rings. The van der Waals surface area contributed by atoms with Crippen LogP contribution in [0, 0.1) is 0 Å². The number of fused-ring (bicyclic) bond motifs is 1. The molecule has 4 atom stereocenters. The molecule has 5 nitrogen and oxygen atoms in total. The topological polar surface area (TPSA) is 74.2 Å². The van der Waals surface area contributed by atoms with E-state index in [1.54, 1.807) is 11.3 Å². The van der Waals surface area contributed by atoms with Gasteiger partial charge in [0.25, 0.3) is 0 Å². The fourth-order valence-corrected chi connectivity index (χ4v) is 6.15. The maximum absolute atomic E-state index is 12.9. The molecule has 1 aliphatic heterocycles. The number of benzene rings is 2. The van der Waals surface area contributed by atoms with Crippen molar-refractivity contribution in [1.82, 2.24) is 10.3 Å². The minimum absolute atomic E-state index is 0.0460. The predicted octanol–water partition coefficient (Wildman–Crippen LogP) is 4.77. The van der Waals surface area contributed by atoms with Gasteiger partial charge in [0.2, 0.25) is 5.91 Å². The number of aromatic nitrogens is 1. The molecule has 2 aromatic carbocycles. The molecule has 172 valence electrons. The van der Waals surface area contributed by atoms with Gasteiger partial charge < -0.3 is 15.7 Å². The average Bonchev–Trinajstić information content (AvgIpc) is 3.56. The summed E-state index contributed by atoms with van der Waals surface area (Å²) < 4.78 is 0. The fourth-order valence-electron chi connectivity index (χ4n) is 5.06. The molecular weight excluding hydrogens is 430 g/mol. The molecule has 1 amide bonds. The van der Waals surface area contributed by atoms with Crippen molar-refractivity contribution in [1.29, 1.82) is 0 Å². The SMILES string of the molecule is CCc1nc2c(s1)CC[C@H]2C(=O)Nc1ccc(C[C@@H]2CC[C@H]([C@H](O)c3ccccc3)N2)cc1. The molecule has 0 unspecified atom stereocenters. The van der Waals surface area contributed by atoms with Crippen LogP contribution in [-0.4, -0.2) is 28.1 Å². The molecule has 2 aliphatic rings. The molecule has 6 heteroatoms. The van der Waals surface area contributed by atoms with Gasteiger partial charge in [-0.2, -0.15) is 0 Å². The van der Waals surface area contributed by atoms with Crippen molar-refractivity contribution >= 4 is 22.9 Å². The largest absolute Gasteiger partial charge is 0.387 e. The minimum atomic E-state index is -0.476. The fraction of sp³-hybridized carbons (Fsp3) is 0.407. The van der Waals surface area contributed by atoms with Crippen LogP contribution in [0.1, 0.15) is 64.9 Å². The number of amides is 1.